The molecule has 0 aromatic rings. The van der Waals surface area contributed by atoms with E-state index in [1.165, 1.54) is 12.2 Å². The van der Waals surface area contributed by atoms with Gasteiger partial charge in [0.25, 0.3) is 0 Å². The van der Waals surface area contributed by atoms with Crippen molar-refractivity contribution < 1.29 is 9.59 Å². The summed E-state index contributed by atoms with van der Waals surface area (Å²) >= 11 is 0. The van der Waals surface area contributed by atoms with Gasteiger partial charge in [0.2, 0.25) is 0 Å². The van der Waals surface area contributed by atoms with Crippen LogP contribution in [0, 0.1) is 11.8 Å². The number of ketones is 2. The summed E-state index contributed by atoms with van der Waals surface area (Å²) in [6.07, 6.45) is 2.74. The lowest BCUT2D eigenvalue weighted by Crippen LogP contribution is -2.27. The first kappa shape index (κ1) is 7.19. The van der Waals surface area contributed by atoms with Crippen LogP contribution in [0.15, 0.2) is 12.2 Å². The van der Waals surface area contributed by atoms with Gasteiger partial charge in [0.1, 0.15) is 0 Å². The Labute approximate surface area is 59.9 Å². The van der Waals surface area contributed by atoms with Crippen LogP contribution >= 0.6 is 0 Å². The number of carbonyl (C=O) groups excluding carboxylic acids is 2. The summed E-state index contributed by atoms with van der Waals surface area (Å²) in [5.41, 5.74) is 0. The maximum atomic E-state index is 10.9. The van der Waals surface area contributed by atoms with E-state index in [2.05, 4.69) is 0 Å². The van der Waals surface area contributed by atoms with Crippen LogP contribution in [-0.2, 0) is 9.59 Å². The van der Waals surface area contributed by atoms with Crippen molar-refractivity contribution in [3.05, 3.63) is 12.2 Å². The summed E-state index contributed by atoms with van der Waals surface area (Å²) in [6.45, 7) is 3.57. The Morgan fingerprint density at radius 3 is 1.60 bits per heavy atom. The van der Waals surface area contributed by atoms with Crippen molar-refractivity contribution in [1.82, 2.24) is 0 Å². The molecule has 1 aliphatic carbocycles. The molecular formula is C8H10O2. The van der Waals surface area contributed by atoms with E-state index in [1.54, 1.807) is 13.8 Å². The van der Waals surface area contributed by atoms with Crippen LogP contribution in [-0.4, -0.2) is 11.6 Å². The van der Waals surface area contributed by atoms with Gasteiger partial charge in [-0.1, -0.05) is 13.8 Å². The fourth-order valence-electron chi connectivity index (χ4n) is 0.961. The highest BCUT2D eigenvalue weighted by Crippen LogP contribution is 2.18. The van der Waals surface area contributed by atoms with Crippen LogP contribution < -0.4 is 0 Å². The molecule has 54 valence electrons. The highest BCUT2D eigenvalue weighted by molar-refractivity contribution is 6.06. The van der Waals surface area contributed by atoms with Crippen LogP contribution in [0.25, 0.3) is 0 Å². The number of hydrogen-bond donors (Lipinski definition) is 0. The lowest BCUT2D eigenvalue weighted by Gasteiger charge is -2.17. The van der Waals surface area contributed by atoms with Crippen LogP contribution in [0.1, 0.15) is 13.8 Å². The average molecular weight is 138 g/mol. The van der Waals surface area contributed by atoms with Crippen LogP contribution in [0.2, 0.25) is 0 Å². The first-order valence-electron chi connectivity index (χ1n) is 3.38. The van der Waals surface area contributed by atoms with Gasteiger partial charge in [-0.3, -0.25) is 9.59 Å². The summed E-state index contributed by atoms with van der Waals surface area (Å²) in [7, 11) is 0. The van der Waals surface area contributed by atoms with E-state index in [1.807, 2.05) is 0 Å². The predicted octanol–water partition coefficient (Wildman–Crippen LogP) is 0.967. The summed E-state index contributed by atoms with van der Waals surface area (Å²) in [6, 6.07) is 0. The Morgan fingerprint density at radius 2 is 1.30 bits per heavy atom. The third kappa shape index (κ3) is 1.01. The molecule has 0 spiro atoms. The maximum absolute atomic E-state index is 10.9. The molecule has 0 radical (unpaired) electrons. The van der Waals surface area contributed by atoms with Crippen molar-refractivity contribution in [2.24, 2.45) is 11.8 Å². The Balaban J connectivity index is 2.89. The summed E-state index contributed by atoms with van der Waals surface area (Å²) in [4.78, 5) is 21.8. The van der Waals surface area contributed by atoms with Crippen LogP contribution in [0.4, 0.5) is 0 Å². The largest absolute Gasteiger partial charge is 0.295 e. The van der Waals surface area contributed by atoms with E-state index in [0.29, 0.717) is 0 Å². The number of carbonyl (C=O) groups is 2. The second kappa shape index (κ2) is 2.37. The molecule has 0 amide bonds. The minimum absolute atomic E-state index is 0.0621. The van der Waals surface area contributed by atoms with E-state index < -0.39 is 0 Å². The molecule has 0 saturated carbocycles. The highest BCUT2D eigenvalue weighted by atomic mass is 16.1. The fourth-order valence-corrected chi connectivity index (χ4v) is 0.961. The molecule has 0 heterocycles. The number of hydrogen-bond acceptors (Lipinski definition) is 2. The molecule has 1 aliphatic rings. The quantitative estimate of drug-likeness (QED) is 0.499. The molecule has 0 N–H and O–H groups in total. The van der Waals surface area contributed by atoms with Gasteiger partial charge >= 0.3 is 0 Å². The first-order valence-corrected chi connectivity index (χ1v) is 3.38. The average Bonchev–Trinajstić information content (AvgIpc) is 1.93. The first-order chi connectivity index (χ1) is 4.63. The Morgan fingerprint density at radius 1 is 1.00 bits per heavy atom. The Kier molecular flexibility index (Phi) is 1.70. The minimum atomic E-state index is -0.127. The minimum Gasteiger partial charge on any atom is -0.295 e. The van der Waals surface area contributed by atoms with Gasteiger partial charge < -0.3 is 0 Å². The standard InChI is InChI=1S/C8H10O2/c1-5-6(2)8(10)4-3-7(5)9/h3-6H,1-2H3/t5-,6-/m0/s1. The highest BCUT2D eigenvalue weighted by Gasteiger charge is 2.26. The van der Waals surface area contributed by atoms with Crippen molar-refractivity contribution in [2.75, 3.05) is 0 Å². The number of rotatable bonds is 0. The Hall–Kier alpha value is -0.920. The fraction of sp³-hybridized carbons (Fsp3) is 0.500. The molecule has 0 bridgehead atoms. The molecule has 10 heavy (non-hydrogen) atoms. The van der Waals surface area contributed by atoms with Crippen molar-refractivity contribution in [1.29, 1.82) is 0 Å². The van der Waals surface area contributed by atoms with E-state index >= 15 is 0 Å². The van der Waals surface area contributed by atoms with Crippen molar-refractivity contribution >= 4 is 11.6 Å². The van der Waals surface area contributed by atoms with Crippen molar-refractivity contribution in [2.45, 2.75) is 13.8 Å². The maximum Gasteiger partial charge on any atom is 0.159 e. The zero-order valence-corrected chi connectivity index (χ0v) is 6.13. The van der Waals surface area contributed by atoms with Gasteiger partial charge in [-0.05, 0) is 12.2 Å². The van der Waals surface area contributed by atoms with Crippen molar-refractivity contribution in [3.63, 3.8) is 0 Å². The molecule has 0 fully saturated rings. The third-order valence-electron chi connectivity index (χ3n) is 2.06. The lowest BCUT2D eigenvalue weighted by molar-refractivity contribution is -0.127. The monoisotopic (exact) mass is 138 g/mol. The van der Waals surface area contributed by atoms with Gasteiger partial charge in [0, 0.05) is 11.8 Å². The summed E-state index contributed by atoms with van der Waals surface area (Å²) in [5, 5.41) is 0. The van der Waals surface area contributed by atoms with Gasteiger partial charge in [0.05, 0.1) is 0 Å². The van der Waals surface area contributed by atoms with E-state index in [4.69, 9.17) is 0 Å². The molecule has 2 nitrogen and oxygen atoms in total. The zero-order valence-electron chi connectivity index (χ0n) is 6.13. The van der Waals surface area contributed by atoms with E-state index in [9.17, 15) is 9.59 Å². The molecule has 0 aromatic carbocycles. The second-order valence-electron chi connectivity index (χ2n) is 2.72. The summed E-state index contributed by atoms with van der Waals surface area (Å²) < 4.78 is 0. The normalized spacial score (nSPS) is 33.0. The molecule has 0 aromatic heterocycles. The van der Waals surface area contributed by atoms with Crippen molar-refractivity contribution in [3.8, 4) is 0 Å². The zero-order chi connectivity index (χ0) is 7.72. The third-order valence-corrected chi connectivity index (χ3v) is 2.06. The number of allylic oxidation sites excluding steroid dienone is 2. The molecule has 1 rings (SSSR count). The van der Waals surface area contributed by atoms with Crippen LogP contribution in [0.5, 0.6) is 0 Å². The van der Waals surface area contributed by atoms with Gasteiger partial charge in [-0.2, -0.15) is 0 Å². The molecule has 0 aliphatic heterocycles. The van der Waals surface area contributed by atoms with Gasteiger partial charge in [0.15, 0.2) is 11.6 Å². The molecule has 0 unspecified atom stereocenters. The lowest BCUT2D eigenvalue weighted by atomic mass is 9.84. The van der Waals surface area contributed by atoms with Gasteiger partial charge in [-0.25, -0.2) is 0 Å². The topological polar surface area (TPSA) is 34.1 Å². The molecular weight excluding hydrogens is 128 g/mol. The second-order valence-corrected chi connectivity index (χ2v) is 2.72. The predicted molar refractivity (Wildman–Crippen MR) is 37.5 cm³/mol. The van der Waals surface area contributed by atoms with E-state index in [0.717, 1.165) is 0 Å². The molecule has 0 saturated heterocycles. The SMILES string of the molecule is C[C@@H]1C(=O)C=CC(=O)[C@H]1C. The molecule has 2 heteroatoms. The summed E-state index contributed by atoms with van der Waals surface area (Å²) in [5.74, 6) is -0.130. The van der Waals surface area contributed by atoms with Gasteiger partial charge in [-0.15, -0.1) is 0 Å². The Bertz CT molecular complexity index is 181. The smallest absolute Gasteiger partial charge is 0.159 e. The molecule has 2 atom stereocenters. The van der Waals surface area contributed by atoms with Crippen LogP contribution in [0.3, 0.4) is 0 Å². The van der Waals surface area contributed by atoms with E-state index in [-0.39, 0.29) is 23.4 Å².